The number of hydrogen-bond donors (Lipinski definition) is 0. The van der Waals surface area contributed by atoms with Crippen LogP contribution in [0, 0.1) is 17.5 Å². The van der Waals surface area contributed by atoms with Crippen molar-refractivity contribution in [1.29, 1.82) is 0 Å². The van der Waals surface area contributed by atoms with Crippen molar-refractivity contribution >= 4 is 11.6 Å². The zero-order valence-electron chi connectivity index (χ0n) is 10.1. The van der Waals surface area contributed by atoms with Crippen LogP contribution < -0.4 is 0 Å². The SMILES string of the molecule is CC(c1ccncc1)C(Cl)c1ccc(F)c(F)c1F. The minimum absolute atomic E-state index is 0.0510. The predicted molar refractivity (Wildman–Crippen MR) is 67.6 cm³/mol. The number of halogens is 4. The molecular weight excluding hydrogens is 275 g/mol. The highest BCUT2D eigenvalue weighted by Gasteiger charge is 2.24. The first-order valence-electron chi connectivity index (χ1n) is 5.69. The second-order valence-electron chi connectivity index (χ2n) is 4.24. The normalized spacial score (nSPS) is 14.2. The Labute approximate surface area is 114 Å². The minimum Gasteiger partial charge on any atom is -0.265 e. The minimum atomic E-state index is -1.50. The largest absolute Gasteiger partial charge is 0.265 e. The van der Waals surface area contributed by atoms with Crippen LogP contribution in [0.3, 0.4) is 0 Å². The Hall–Kier alpha value is -1.55. The first-order chi connectivity index (χ1) is 9.02. The summed E-state index contributed by atoms with van der Waals surface area (Å²) in [6.07, 6.45) is 3.19. The van der Waals surface area contributed by atoms with Crippen LogP contribution in [0.4, 0.5) is 13.2 Å². The summed E-state index contributed by atoms with van der Waals surface area (Å²) in [4.78, 5) is 3.88. The average Bonchev–Trinajstić information content (AvgIpc) is 2.44. The fourth-order valence-corrected chi connectivity index (χ4v) is 2.17. The Morgan fingerprint density at radius 1 is 1.00 bits per heavy atom. The molecule has 5 heteroatoms. The van der Waals surface area contributed by atoms with E-state index in [-0.39, 0.29) is 11.5 Å². The molecule has 0 aliphatic rings. The molecule has 1 aromatic heterocycles. The van der Waals surface area contributed by atoms with E-state index in [0.717, 1.165) is 11.6 Å². The molecule has 0 fully saturated rings. The number of pyridine rings is 1. The van der Waals surface area contributed by atoms with Crippen LogP contribution in [0.5, 0.6) is 0 Å². The van der Waals surface area contributed by atoms with Gasteiger partial charge in [-0.1, -0.05) is 13.0 Å². The van der Waals surface area contributed by atoms with Crippen molar-refractivity contribution in [1.82, 2.24) is 4.98 Å². The van der Waals surface area contributed by atoms with Gasteiger partial charge in [0, 0.05) is 23.9 Å². The van der Waals surface area contributed by atoms with E-state index in [1.807, 2.05) is 0 Å². The maximum Gasteiger partial charge on any atom is 0.194 e. The van der Waals surface area contributed by atoms with E-state index < -0.39 is 22.8 Å². The summed E-state index contributed by atoms with van der Waals surface area (Å²) in [6, 6.07) is 5.54. The molecule has 19 heavy (non-hydrogen) atoms. The zero-order valence-corrected chi connectivity index (χ0v) is 10.8. The molecule has 0 radical (unpaired) electrons. The van der Waals surface area contributed by atoms with Crippen LogP contribution in [0.2, 0.25) is 0 Å². The van der Waals surface area contributed by atoms with E-state index in [9.17, 15) is 13.2 Å². The van der Waals surface area contributed by atoms with Gasteiger partial charge in [0.25, 0.3) is 0 Å². The maximum absolute atomic E-state index is 13.7. The van der Waals surface area contributed by atoms with Crippen molar-refractivity contribution in [2.75, 3.05) is 0 Å². The average molecular weight is 286 g/mol. The molecule has 0 N–H and O–H groups in total. The Morgan fingerprint density at radius 3 is 2.26 bits per heavy atom. The van der Waals surface area contributed by atoms with Gasteiger partial charge in [0.15, 0.2) is 17.5 Å². The lowest BCUT2D eigenvalue weighted by atomic mass is 9.93. The third kappa shape index (κ3) is 2.73. The third-order valence-electron chi connectivity index (χ3n) is 3.03. The molecule has 0 spiro atoms. The number of rotatable bonds is 3. The molecule has 1 aromatic carbocycles. The summed E-state index contributed by atoms with van der Waals surface area (Å²) in [5.41, 5.74) is 0.795. The lowest BCUT2D eigenvalue weighted by Crippen LogP contribution is -2.07. The lowest BCUT2D eigenvalue weighted by Gasteiger charge is -2.19. The number of aromatic nitrogens is 1. The standard InChI is InChI=1S/C14H11ClF3N/c1-8(9-4-6-19-7-5-9)12(15)10-2-3-11(16)14(18)13(10)17/h2-8,12H,1H3. The van der Waals surface area contributed by atoms with E-state index in [2.05, 4.69) is 4.98 Å². The quantitative estimate of drug-likeness (QED) is 0.594. The highest BCUT2D eigenvalue weighted by atomic mass is 35.5. The molecule has 2 unspecified atom stereocenters. The Kier molecular flexibility index (Phi) is 4.10. The number of nitrogens with zero attached hydrogens (tertiary/aromatic N) is 1. The summed E-state index contributed by atoms with van der Waals surface area (Å²) >= 11 is 6.17. The molecular formula is C14H11ClF3N. The molecule has 0 amide bonds. The third-order valence-corrected chi connectivity index (χ3v) is 3.65. The molecule has 1 nitrogen and oxygen atoms in total. The highest BCUT2D eigenvalue weighted by molar-refractivity contribution is 6.21. The first kappa shape index (κ1) is 13.9. The summed E-state index contributed by atoms with van der Waals surface area (Å²) in [6.45, 7) is 1.79. The van der Waals surface area contributed by atoms with Gasteiger partial charge in [-0.05, 0) is 23.8 Å². The highest BCUT2D eigenvalue weighted by Crippen LogP contribution is 2.37. The second kappa shape index (κ2) is 5.61. The van der Waals surface area contributed by atoms with E-state index in [1.165, 1.54) is 6.07 Å². The summed E-state index contributed by atoms with van der Waals surface area (Å²) in [7, 11) is 0. The van der Waals surface area contributed by atoms with Crippen LogP contribution in [0.1, 0.15) is 29.3 Å². The van der Waals surface area contributed by atoms with Crippen LogP contribution >= 0.6 is 11.6 Å². The van der Waals surface area contributed by atoms with E-state index in [1.54, 1.807) is 31.5 Å². The number of alkyl halides is 1. The molecule has 2 rings (SSSR count). The predicted octanol–water partition coefficient (Wildman–Crippen LogP) is 4.58. The fraction of sp³-hybridized carbons (Fsp3) is 0.214. The molecule has 0 saturated carbocycles. The first-order valence-corrected chi connectivity index (χ1v) is 6.13. The fourth-order valence-electron chi connectivity index (χ4n) is 1.86. The smallest absolute Gasteiger partial charge is 0.194 e. The van der Waals surface area contributed by atoms with Gasteiger partial charge in [0.05, 0.1) is 5.38 Å². The van der Waals surface area contributed by atoms with E-state index in [0.29, 0.717) is 0 Å². The van der Waals surface area contributed by atoms with Crippen molar-refractivity contribution in [3.63, 3.8) is 0 Å². The number of benzene rings is 1. The molecule has 0 aliphatic heterocycles. The van der Waals surface area contributed by atoms with Crippen molar-refractivity contribution in [2.24, 2.45) is 0 Å². The van der Waals surface area contributed by atoms with Gasteiger partial charge in [-0.15, -0.1) is 11.6 Å². The van der Waals surface area contributed by atoms with Gasteiger partial charge in [-0.25, -0.2) is 13.2 Å². The summed E-state index contributed by atoms with van der Waals surface area (Å²) in [5, 5.41) is -0.794. The van der Waals surface area contributed by atoms with Gasteiger partial charge in [-0.3, -0.25) is 4.98 Å². The monoisotopic (exact) mass is 285 g/mol. The Morgan fingerprint density at radius 2 is 1.63 bits per heavy atom. The molecule has 0 bridgehead atoms. The molecule has 2 atom stereocenters. The molecule has 0 saturated heterocycles. The molecule has 1 heterocycles. The van der Waals surface area contributed by atoms with Crippen LogP contribution in [-0.4, -0.2) is 4.98 Å². The Bertz CT molecular complexity index is 574. The van der Waals surface area contributed by atoms with Gasteiger partial charge >= 0.3 is 0 Å². The van der Waals surface area contributed by atoms with Crippen LogP contribution in [0.15, 0.2) is 36.7 Å². The van der Waals surface area contributed by atoms with Crippen molar-refractivity contribution in [3.8, 4) is 0 Å². The maximum atomic E-state index is 13.7. The van der Waals surface area contributed by atoms with Crippen molar-refractivity contribution in [3.05, 3.63) is 65.2 Å². The van der Waals surface area contributed by atoms with E-state index >= 15 is 0 Å². The summed E-state index contributed by atoms with van der Waals surface area (Å²) in [5.74, 6) is -4.21. The van der Waals surface area contributed by atoms with Gasteiger partial charge < -0.3 is 0 Å². The van der Waals surface area contributed by atoms with Crippen LogP contribution in [0.25, 0.3) is 0 Å². The van der Waals surface area contributed by atoms with Crippen molar-refractivity contribution in [2.45, 2.75) is 18.2 Å². The topological polar surface area (TPSA) is 12.9 Å². The second-order valence-corrected chi connectivity index (χ2v) is 4.71. The summed E-state index contributed by atoms with van der Waals surface area (Å²) < 4.78 is 39.8. The molecule has 0 aliphatic carbocycles. The van der Waals surface area contributed by atoms with Gasteiger partial charge in [-0.2, -0.15) is 0 Å². The van der Waals surface area contributed by atoms with Crippen LogP contribution in [-0.2, 0) is 0 Å². The molecule has 2 aromatic rings. The molecule has 100 valence electrons. The number of hydrogen-bond acceptors (Lipinski definition) is 1. The Balaban J connectivity index is 2.35. The zero-order chi connectivity index (χ0) is 14.0. The van der Waals surface area contributed by atoms with Gasteiger partial charge in [0.1, 0.15) is 0 Å². The van der Waals surface area contributed by atoms with E-state index in [4.69, 9.17) is 11.6 Å². The van der Waals surface area contributed by atoms with Crippen molar-refractivity contribution < 1.29 is 13.2 Å². The van der Waals surface area contributed by atoms with Gasteiger partial charge in [0.2, 0.25) is 0 Å². The lowest BCUT2D eigenvalue weighted by molar-refractivity contribution is 0.438.